The Morgan fingerprint density at radius 1 is 0.957 bits per heavy atom. The van der Waals surface area contributed by atoms with E-state index in [2.05, 4.69) is 0 Å². The lowest BCUT2D eigenvalue weighted by Crippen LogP contribution is -2.06. The Kier molecular flexibility index (Phi) is 3.36. The summed E-state index contributed by atoms with van der Waals surface area (Å²) in [5.74, 6) is -0.309. The van der Waals surface area contributed by atoms with E-state index < -0.39 is 6.10 Å². The van der Waals surface area contributed by atoms with Crippen LogP contribution in [0.4, 0.5) is 0 Å². The molecule has 0 aliphatic carbocycles. The Morgan fingerprint density at radius 2 is 1.70 bits per heavy atom. The van der Waals surface area contributed by atoms with Crippen molar-refractivity contribution in [3.05, 3.63) is 83.4 Å². The molecule has 23 heavy (non-hydrogen) atoms. The molecule has 0 saturated heterocycles. The van der Waals surface area contributed by atoms with Gasteiger partial charge in [-0.2, -0.15) is 0 Å². The minimum absolute atomic E-state index is 0.309. The van der Waals surface area contributed by atoms with Gasteiger partial charge in [0.05, 0.1) is 11.7 Å². The fraction of sp³-hybridized carbons (Fsp3) is 0.150. The van der Waals surface area contributed by atoms with Crippen molar-refractivity contribution < 1.29 is 14.6 Å². The standard InChI is InChI=1S/C20H16O3/c21-18(15-10-9-13-5-1-2-6-14(13)11-15)12-19-16-7-3-4-8-17(16)20(22)23-19/h1-11,18-19,21H,12H2/t18-,19+/m0/s1. The van der Waals surface area contributed by atoms with Gasteiger partial charge in [0.1, 0.15) is 6.10 Å². The van der Waals surface area contributed by atoms with Crippen molar-refractivity contribution >= 4 is 16.7 Å². The number of fused-ring (bicyclic) bond motifs is 2. The molecule has 0 aromatic heterocycles. The van der Waals surface area contributed by atoms with Gasteiger partial charge in [-0.05, 0) is 28.5 Å². The van der Waals surface area contributed by atoms with Crippen LogP contribution in [0.1, 0.15) is 40.1 Å². The summed E-state index contributed by atoms with van der Waals surface area (Å²) in [6, 6.07) is 21.3. The normalized spacial score (nSPS) is 17.8. The lowest BCUT2D eigenvalue weighted by molar-refractivity contribution is 0.0235. The van der Waals surface area contributed by atoms with Crippen LogP contribution in [0.3, 0.4) is 0 Å². The molecule has 0 saturated carbocycles. The highest BCUT2D eigenvalue weighted by Crippen LogP contribution is 2.37. The molecule has 1 aliphatic rings. The molecule has 1 N–H and O–H groups in total. The number of ether oxygens (including phenoxy) is 1. The molecule has 0 spiro atoms. The topological polar surface area (TPSA) is 46.5 Å². The van der Waals surface area contributed by atoms with Gasteiger partial charge >= 0.3 is 5.97 Å². The Labute approximate surface area is 134 Å². The first-order chi connectivity index (χ1) is 11.2. The van der Waals surface area contributed by atoms with E-state index in [4.69, 9.17) is 4.74 Å². The number of aliphatic hydroxyl groups is 1. The molecule has 0 unspecified atom stereocenters. The van der Waals surface area contributed by atoms with Crippen molar-refractivity contribution in [1.82, 2.24) is 0 Å². The quantitative estimate of drug-likeness (QED) is 0.739. The fourth-order valence-electron chi connectivity index (χ4n) is 3.15. The Morgan fingerprint density at radius 3 is 2.57 bits per heavy atom. The van der Waals surface area contributed by atoms with E-state index in [0.29, 0.717) is 12.0 Å². The second-order valence-electron chi connectivity index (χ2n) is 5.84. The predicted octanol–water partition coefficient (Wildman–Crippen LogP) is 4.18. The number of benzene rings is 3. The summed E-state index contributed by atoms with van der Waals surface area (Å²) >= 11 is 0. The third kappa shape index (κ3) is 2.49. The number of carbonyl (C=O) groups is 1. The molecule has 0 amide bonds. The molecule has 0 fully saturated rings. The van der Waals surface area contributed by atoms with Crippen LogP contribution in [-0.2, 0) is 4.74 Å². The molecule has 3 aromatic rings. The average Bonchev–Trinajstić information content (AvgIpc) is 2.91. The first-order valence-corrected chi connectivity index (χ1v) is 7.69. The lowest BCUT2D eigenvalue weighted by Gasteiger charge is -2.16. The maximum Gasteiger partial charge on any atom is 0.339 e. The highest BCUT2D eigenvalue weighted by atomic mass is 16.5. The van der Waals surface area contributed by atoms with Crippen LogP contribution in [0, 0.1) is 0 Å². The number of aliphatic hydroxyl groups excluding tert-OH is 1. The predicted molar refractivity (Wildman–Crippen MR) is 88.1 cm³/mol. The molecule has 0 bridgehead atoms. The first-order valence-electron chi connectivity index (χ1n) is 7.69. The van der Waals surface area contributed by atoms with Crippen molar-refractivity contribution in [2.24, 2.45) is 0 Å². The summed E-state index contributed by atoms with van der Waals surface area (Å²) in [6.45, 7) is 0. The molecule has 2 atom stereocenters. The summed E-state index contributed by atoms with van der Waals surface area (Å²) in [6.07, 6.45) is -0.704. The van der Waals surface area contributed by atoms with Crippen LogP contribution in [-0.4, -0.2) is 11.1 Å². The van der Waals surface area contributed by atoms with E-state index in [9.17, 15) is 9.90 Å². The number of cyclic esters (lactones) is 1. The third-order valence-corrected chi connectivity index (χ3v) is 4.37. The fourth-order valence-corrected chi connectivity index (χ4v) is 3.15. The lowest BCUT2D eigenvalue weighted by atomic mass is 9.96. The van der Waals surface area contributed by atoms with Gasteiger partial charge in [-0.1, -0.05) is 54.6 Å². The Balaban J connectivity index is 1.60. The molecule has 4 rings (SSSR count). The van der Waals surface area contributed by atoms with Crippen LogP contribution in [0.25, 0.3) is 10.8 Å². The van der Waals surface area contributed by atoms with Gasteiger partial charge < -0.3 is 9.84 Å². The van der Waals surface area contributed by atoms with Crippen molar-refractivity contribution in [3.8, 4) is 0 Å². The van der Waals surface area contributed by atoms with Crippen LogP contribution >= 0.6 is 0 Å². The van der Waals surface area contributed by atoms with Gasteiger partial charge in [0.2, 0.25) is 0 Å². The SMILES string of the molecule is O=C1O[C@H](C[C@H](O)c2ccc3ccccc3c2)c2ccccc21. The minimum Gasteiger partial charge on any atom is -0.454 e. The van der Waals surface area contributed by atoms with Crippen LogP contribution in [0.2, 0.25) is 0 Å². The van der Waals surface area contributed by atoms with E-state index in [-0.39, 0.29) is 12.1 Å². The first kappa shape index (κ1) is 14.0. The van der Waals surface area contributed by atoms with Gasteiger partial charge in [0.25, 0.3) is 0 Å². The highest BCUT2D eigenvalue weighted by Gasteiger charge is 2.32. The Bertz CT molecular complexity index is 885. The van der Waals surface area contributed by atoms with Crippen LogP contribution in [0.5, 0.6) is 0 Å². The summed E-state index contributed by atoms with van der Waals surface area (Å²) < 4.78 is 5.41. The molecular formula is C20H16O3. The number of rotatable bonds is 3. The molecule has 0 radical (unpaired) electrons. The van der Waals surface area contributed by atoms with Crippen molar-refractivity contribution in [2.75, 3.05) is 0 Å². The van der Waals surface area contributed by atoms with Gasteiger partial charge in [-0.25, -0.2) is 4.79 Å². The summed E-state index contributed by atoms with van der Waals surface area (Å²) in [5.41, 5.74) is 2.30. The summed E-state index contributed by atoms with van der Waals surface area (Å²) in [7, 11) is 0. The van der Waals surface area contributed by atoms with E-state index in [1.165, 1.54) is 0 Å². The van der Waals surface area contributed by atoms with Gasteiger partial charge in [-0.3, -0.25) is 0 Å². The van der Waals surface area contributed by atoms with Crippen molar-refractivity contribution in [3.63, 3.8) is 0 Å². The second kappa shape index (κ2) is 5.52. The Hall–Kier alpha value is -2.65. The monoisotopic (exact) mass is 304 g/mol. The number of carbonyl (C=O) groups excluding carboxylic acids is 1. The molecular weight excluding hydrogens is 288 g/mol. The van der Waals surface area contributed by atoms with E-state index >= 15 is 0 Å². The maximum absolute atomic E-state index is 11.9. The van der Waals surface area contributed by atoms with Crippen molar-refractivity contribution in [1.29, 1.82) is 0 Å². The van der Waals surface area contributed by atoms with E-state index in [1.807, 2.05) is 60.7 Å². The second-order valence-corrected chi connectivity index (χ2v) is 5.84. The largest absolute Gasteiger partial charge is 0.454 e. The summed E-state index contributed by atoms with van der Waals surface area (Å²) in [4.78, 5) is 11.9. The molecule has 3 nitrogen and oxygen atoms in total. The van der Waals surface area contributed by atoms with Gasteiger partial charge in [-0.15, -0.1) is 0 Å². The number of hydrogen-bond acceptors (Lipinski definition) is 3. The number of esters is 1. The van der Waals surface area contributed by atoms with E-state index in [1.54, 1.807) is 6.07 Å². The maximum atomic E-state index is 11.9. The molecule has 3 heteroatoms. The summed E-state index contributed by atoms with van der Waals surface area (Å²) in [5, 5.41) is 12.8. The van der Waals surface area contributed by atoms with Crippen LogP contribution in [0.15, 0.2) is 66.7 Å². The smallest absolute Gasteiger partial charge is 0.339 e. The molecule has 1 heterocycles. The van der Waals surface area contributed by atoms with E-state index in [0.717, 1.165) is 21.9 Å². The minimum atomic E-state index is -0.677. The van der Waals surface area contributed by atoms with Crippen LogP contribution < -0.4 is 0 Å². The molecule has 114 valence electrons. The highest BCUT2D eigenvalue weighted by molar-refractivity contribution is 5.94. The zero-order valence-corrected chi connectivity index (χ0v) is 12.5. The zero-order valence-electron chi connectivity index (χ0n) is 12.5. The zero-order chi connectivity index (χ0) is 15.8. The average molecular weight is 304 g/mol. The third-order valence-electron chi connectivity index (χ3n) is 4.37. The van der Waals surface area contributed by atoms with Gasteiger partial charge in [0.15, 0.2) is 0 Å². The van der Waals surface area contributed by atoms with Gasteiger partial charge in [0, 0.05) is 12.0 Å². The van der Waals surface area contributed by atoms with Crippen molar-refractivity contribution in [2.45, 2.75) is 18.6 Å². The number of hydrogen-bond donors (Lipinski definition) is 1. The molecule has 1 aliphatic heterocycles. The molecule has 3 aromatic carbocycles.